The first kappa shape index (κ1) is 30.1. The summed E-state index contributed by atoms with van der Waals surface area (Å²) in [4.78, 5) is 60.8. The number of aliphatic carboxylic acids is 1. The van der Waals surface area contributed by atoms with Gasteiger partial charge in [-0.25, -0.2) is 9.78 Å². The molecule has 3 amide bonds. The summed E-state index contributed by atoms with van der Waals surface area (Å²) in [6.45, 7) is 0. The fourth-order valence-corrected chi connectivity index (χ4v) is 4.69. The number of amides is 3. The Morgan fingerprint density at radius 2 is 1.72 bits per heavy atom. The van der Waals surface area contributed by atoms with E-state index < -0.39 is 47.9 Å². The summed E-state index contributed by atoms with van der Waals surface area (Å²) in [6, 6.07) is 3.17. The number of fused-ring (bicyclic) bond motifs is 1. The van der Waals surface area contributed by atoms with Gasteiger partial charge in [-0.2, -0.15) is 24.4 Å². The standard InChI is InChI=1S/C25H33N7O5S2/c1-39-7-6-17(26)22(33)32-21(12-38)24(35)30-19(9-15-11-27-13-29-15)23(34)31-20(25(36)37)8-14-10-28-18-5-3-2-4-16(14)18/h2-5,10-11,13,17,19-21,28,38H,6-9,12,26H2,1H3,(H,27,29)(H,30,35)(H,31,34)(H,32,33)(H,36,37). The molecule has 3 aromatic rings. The van der Waals surface area contributed by atoms with E-state index in [1.807, 2.05) is 30.5 Å². The van der Waals surface area contributed by atoms with Crippen LogP contribution in [0.15, 0.2) is 43.0 Å². The third-order valence-corrected chi connectivity index (χ3v) is 7.12. The van der Waals surface area contributed by atoms with Gasteiger partial charge >= 0.3 is 5.97 Å². The Kier molecular flexibility index (Phi) is 11.3. The Bertz CT molecular complexity index is 1270. The van der Waals surface area contributed by atoms with Gasteiger partial charge in [-0.1, -0.05) is 18.2 Å². The van der Waals surface area contributed by atoms with Crippen molar-refractivity contribution in [3.05, 3.63) is 54.2 Å². The van der Waals surface area contributed by atoms with Gasteiger partial charge in [0.25, 0.3) is 0 Å². The summed E-state index contributed by atoms with van der Waals surface area (Å²) < 4.78 is 0. The van der Waals surface area contributed by atoms with Gasteiger partial charge in [-0.15, -0.1) is 0 Å². The van der Waals surface area contributed by atoms with E-state index in [2.05, 4.69) is 43.5 Å². The predicted molar refractivity (Wildman–Crippen MR) is 153 cm³/mol. The molecule has 4 atom stereocenters. The maximum absolute atomic E-state index is 13.3. The molecule has 0 aliphatic heterocycles. The maximum Gasteiger partial charge on any atom is 0.326 e. The second-order valence-electron chi connectivity index (χ2n) is 8.94. The van der Waals surface area contributed by atoms with Crippen molar-refractivity contribution in [1.82, 2.24) is 30.9 Å². The molecule has 0 radical (unpaired) electrons. The van der Waals surface area contributed by atoms with Crippen LogP contribution in [0.25, 0.3) is 10.9 Å². The van der Waals surface area contributed by atoms with Crippen molar-refractivity contribution in [3.8, 4) is 0 Å². The molecule has 4 unspecified atom stereocenters. The summed E-state index contributed by atoms with van der Waals surface area (Å²) >= 11 is 5.72. The Balaban J connectivity index is 1.73. The van der Waals surface area contributed by atoms with Crippen LogP contribution < -0.4 is 21.7 Å². The first-order valence-corrected chi connectivity index (χ1v) is 14.3. The van der Waals surface area contributed by atoms with E-state index in [9.17, 15) is 24.3 Å². The first-order chi connectivity index (χ1) is 18.7. The fraction of sp³-hybridized carbons (Fsp3) is 0.400. The normalized spacial score (nSPS) is 14.2. The lowest BCUT2D eigenvalue weighted by molar-refractivity contribution is -0.142. The molecular weight excluding hydrogens is 542 g/mol. The summed E-state index contributed by atoms with van der Waals surface area (Å²) in [6.07, 6.45) is 7.00. The Morgan fingerprint density at radius 1 is 1.03 bits per heavy atom. The zero-order valence-electron chi connectivity index (χ0n) is 21.3. The molecule has 0 aliphatic carbocycles. The minimum absolute atomic E-state index is 0.0114. The monoisotopic (exact) mass is 575 g/mol. The Hall–Kier alpha value is -3.49. The zero-order valence-corrected chi connectivity index (χ0v) is 23.1. The molecule has 0 saturated heterocycles. The smallest absolute Gasteiger partial charge is 0.326 e. The van der Waals surface area contributed by atoms with Crippen molar-refractivity contribution in [3.63, 3.8) is 0 Å². The maximum atomic E-state index is 13.3. The van der Waals surface area contributed by atoms with E-state index >= 15 is 0 Å². The van der Waals surface area contributed by atoms with Crippen LogP contribution in [-0.2, 0) is 32.0 Å². The summed E-state index contributed by atoms with van der Waals surface area (Å²) in [7, 11) is 0. The van der Waals surface area contributed by atoms with Crippen LogP contribution in [0.4, 0.5) is 0 Å². The molecule has 12 nitrogen and oxygen atoms in total. The highest BCUT2D eigenvalue weighted by atomic mass is 32.2. The number of nitrogens with zero attached hydrogens (tertiary/aromatic N) is 1. The highest BCUT2D eigenvalue weighted by Crippen LogP contribution is 2.19. The number of imidazole rings is 1. The van der Waals surface area contributed by atoms with E-state index in [-0.39, 0.29) is 18.6 Å². The summed E-state index contributed by atoms with van der Waals surface area (Å²) in [5.74, 6) is -2.44. The van der Waals surface area contributed by atoms with Crippen LogP contribution in [-0.4, -0.2) is 85.7 Å². The molecule has 0 bridgehead atoms. The van der Waals surface area contributed by atoms with Gasteiger partial charge in [0.15, 0.2) is 0 Å². The first-order valence-electron chi connectivity index (χ1n) is 12.2. The average Bonchev–Trinajstić information content (AvgIpc) is 3.59. The SMILES string of the molecule is CSCCC(N)C(=O)NC(CS)C(=O)NC(Cc1cnc[nH]1)C(=O)NC(Cc1c[nH]c2ccccc12)C(=O)O. The second kappa shape index (κ2) is 14.6. The number of aromatic nitrogens is 3. The highest BCUT2D eigenvalue weighted by Gasteiger charge is 2.30. The molecule has 210 valence electrons. The molecule has 2 aromatic heterocycles. The molecule has 2 heterocycles. The number of hydrogen-bond donors (Lipinski definition) is 8. The number of aromatic amines is 2. The van der Waals surface area contributed by atoms with Gasteiger partial charge in [0.1, 0.15) is 18.1 Å². The van der Waals surface area contributed by atoms with E-state index in [1.165, 1.54) is 12.5 Å². The number of carbonyl (C=O) groups is 4. The summed E-state index contributed by atoms with van der Waals surface area (Å²) in [5.41, 5.74) is 8.02. The van der Waals surface area contributed by atoms with E-state index in [1.54, 1.807) is 18.0 Å². The zero-order chi connectivity index (χ0) is 28.4. The molecule has 0 spiro atoms. The van der Waals surface area contributed by atoms with Crippen LogP contribution in [0.2, 0.25) is 0 Å². The minimum atomic E-state index is -1.26. The molecule has 0 saturated carbocycles. The molecule has 14 heteroatoms. The van der Waals surface area contributed by atoms with Crippen molar-refractivity contribution in [2.75, 3.05) is 17.8 Å². The van der Waals surface area contributed by atoms with Gasteiger partial charge in [-0.05, 0) is 30.1 Å². The number of carboxylic acid groups (broad SMARTS) is 1. The largest absolute Gasteiger partial charge is 0.480 e. The number of nitrogens with two attached hydrogens (primary N) is 1. The molecule has 1 aromatic carbocycles. The van der Waals surface area contributed by atoms with Crippen LogP contribution in [0, 0.1) is 0 Å². The molecule has 3 rings (SSSR count). The number of carboxylic acids is 1. The van der Waals surface area contributed by atoms with Crippen LogP contribution in [0.1, 0.15) is 17.7 Å². The Labute approximate surface area is 235 Å². The number of H-pyrrole nitrogens is 2. The molecular formula is C25H33N7O5S2. The number of carbonyl (C=O) groups excluding carboxylic acids is 3. The van der Waals surface area contributed by atoms with E-state index in [0.29, 0.717) is 17.9 Å². The van der Waals surface area contributed by atoms with Crippen LogP contribution in [0.3, 0.4) is 0 Å². The van der Waals surface area contributed by atoms with Gasteiger partial charge in [0.2, 0.25) is 17.7 Å². The Morgan fingerprint density at radius 3 is 2.38 bits per heavy atom. The van der Waals surface area contributed by atoms with Crippen molar-refractivity contribution in [1.29, 1.82) is 0 Å². The number of nitrogens with one attached hydrogen (secondary N) is 5. The van der Waals surface area contributed by atoms with Crippen LogP contribution >= 0.6 is 24.4 Å². The third kappa shape index (κ3) is 8.50. The highest BCUT2D eigenvalue weighted by molar-refractivity contribution is 7.98. The van der Waals surface area contributed by atoms with Crippen molar-refractivity contribution >= 4 is 59.0 Å². The molecule has 0 fully saturated rings. The van der Waals surface area contributed by atoms with Gasteiger partial charge in [0.05, 0.1) is 12.4 Å². The summed E-state index contributed by atoms with van der Waals surface area (Å²) in [5, 5.41) is 18.4. The molecule has 39 heavy (non-hydrogen) atoms. The number of rotatable bonds is 15. The minimum Gasteiger partial charge on any atom is -0.480 e. The number of para-hydroxylation sites is 1. The van der Waals surface area contributed by atoms with Gasteiger partial charge < -0.3 is 36.8 Å². The van der Waals surface area contributed by atoms with E-state index in [0.717, 1.165) is 16.5 Å². The van der Waals surface area contributed by atoms with Crippen molar-refractivity contribution < 1.29 is 24.3 Å². The number of benzene rings is 1. The number of thiol groups is 1. The topological polar surface area (TPSA) is 195 Å². The lowest BCUT2D eigenvalue weighted by Gasteiger charge is -2.24. The molecule has 0 aliphatic rings. The number of thioether (sulfide) groups is 1. The predicted octanol–water partition coefficient (Wildman–Crippen LogP) is 0.225. The lowest BCUT2D eigenvalue weighted by atomic mass is 10.0. The average molecular weight is 576 g/mol. The van der Waals surface area contributed by atoms with Crippen LogP contribution in [0.5, 0.6) is 0 Å². The number of hydrogen-bond acceptors (Lipinski definition) is 8. The quantitative estimate of drug-likeness (QED) is 0.118. The van der Waals surface area contributed by atoms with Crippen molar-refractivity contribution in [2.24, 2.45) is 5.73 Å². The van der Waals surface area contributed by atoms with Gasteiger partial charge in [0, 0.05) is 47.6 Å². The second-order valence-corrected chi connectivity index (χ2v) is 10.3. The molecule has 8 N–H and O–H groups in total. The van der Waals surface area contributed by atoms with E-state index in [4.69, 9.17) is 5.73 Å². The third-order valence-electron chi connectivity index (χ3n) is 6.11. The van der Waals surface area contributed by atoms with Gasteiger partial charge in [-0.3, -0.25) is 14.4 Å². The van der Waals surface area contributed by atoms with Crippen molar-refractivity contribution in [2.45, 2.75) is 43.4 Å². The lowest BCUT2D eigenvalue weighted by Crippen LogP contribution is -2.58. The fourth-order valence-electron chi connectivity index (χ4n) is 3.94.